The number of hydrogen-bond acceptors (Lipinski definition) is 7. The summed E-state index contributed by atoms with van der Waals surface area (Å²) in [5, 5.41) is 0. The van der Waals surface area contributed by atoms with Crippen molar-refractivity contribution in [3.63, 3.8) is 0 Å². The molecule has 8 nitrogen and oxygen atoms in total. The van der Waals surface area contributed by atoms with Crippen LogP contribution in [0, 0.1) is 0 Å². The number of aromatic nitrogens is 3. The van der Waals surface area contributed by atoms with Crippen LogP contribution in [0.4, 0.5) is 11.6 Å². The Hall–Kier alpha value is -3.68. The van der Waals surface area contributed by atoms with Gasteiger partial charge in [0, 0.05) is 56.7 Å². The van der Waals surface area contributed by atoms with E-state index >= 15 is 0 Å². The first kappa shape index (κ1) is 20.6. The minimum absolute atomic E-state index is 0.0743. The van der Waals surface area contributed by atoms with Crippen LogP contribution in [-0.4, -0.2) is 53.3 Å². The number of pyridine rings is 1. The van der Waals surface area contributed by atoms with Crippen LogP contribution in [0.2, 0.25) is 0 Å². The van der Waals surface area contributed by atoms with Gasteiger partial charge in [-0.3, -0.25) is 14.3 Å². The molecule has 0 unspecified atom stereocenters. The summed E-state index contributed by atoms with van der Waals surface area (Å²) in [4.78, 5) is 38.0. The number of esters is 1. The summed E-state index contributed by atoms with van der Waals surface area (Å²) < 4.78 is 6.52. The quantitative estimate of drug-likeness (QED) is 0.601. The second-order valence-corrected chi connectivity index (χ2v) is 7.57. The zero-order chi connectivity index (χ0) is 22.0. The minimum atomic E-state index is -0.347. The average Bonchev–Trinajstić information content (AvgIpc) is 2.81. The third-order valence-electron chi connectivity index (χ3n) is 5.62. The summed E-state index contributed by atoms with van der Waals surface area (Å²) in [7, 11) is 3.13. The second-order valence-electron chi connectivity index (χ2n) is 7.57. The fourth-order valence-corrected chi connectivity index (χ4v) is 3.96. The van der Waals surface area contributed by atoms with E-state index in [4.69, 9.17) is 9.72 Å². The van der Waals surface area contributed by atoms with Gasteiger partial charge in [-0.25, -0.2) is 9.78 Å². The van der Waals surface area contributed by atoms with E-state index in [0.29, 0.717) is 36.8 Å². The number of carbonyl (C=O) groups excluding carboxylic acids is 1. The molecule has 8 heteroatoms. The van der Waals surface area contributed by atoms with Crippen molar-refractivity contribution in [1.29, 1.82) is 0 Å². The molecule has 3 heterocycles. The normalized spacial score (nSPS) is 16.3. The summed E-state index contributed by atoms with van der Waals surface area (Å²) in [6, 6.07) is 12.8. The molecule has 31 heavy (non-hydrogen) atoms. The Bertz CT molecular complexity index is 1150. The zero-order valence-electron chi connectivity index (χ0n) is 17.9. The van der Waals surface area contributed by atoms with Gasteiger partial charge in [0.15, 0.2) is 0 Å². The highest BCUT2D eigenvalue weighted by atomic mass is 16.5. The lowest BCUT2D eigenvalue weighted by Gasteiger charge is -2.42. The van der Waals surface area contributed by atoms with Crippen LogP contribution in [0.1, 0.15) is 17.3 Å². The van der Waals surface area contributed by atoms with Gasteiger partial charge in [0.1, 0.15) is 0 Å². The molecule has 0 bridgehead atoms. The van der Waals surface area contributed by atoms with Crippen molar-refractivity contribution in [1.82, 2.24) is 14.5 Å². The largest absolute Gasteiger partial charge is 0.465 e. The van der Waals surface area contributed by atoms with Crippen molar-refractivity contribution < 1.29 is 9.53 Å². The van der Waals surface area contributed by atoms with E-state index < -0.39 is 0 Å². The van der Waals surface area contributed by atoms with Crippen LogP contribution in [0.15, 0.2) is 59.7 Å². The Labute approximate surface area is 180 Å². The Morgan fingerprint density at radius 3 is 2.58 bits per heavy atom. The van der Waals surface area contributed by atoms with E-state index in [1.54, 1.807) is 36.1 Å². The van der Waals surface area contributed by atoms with Gasteiger partial charge in [-0.1, -0.05) is 12.1 Å². The lowest BCUT2D eigenvalue weighted by Crippen LogP contribution is -2.54. The Balaban J connectivity index is 1.63. The van der Waals surface area contributed by atoms with Crippen molar-refractivity contribution >= 4 is 17.6 Å². The van der Waals surface area contributed by atoms with E-state index in [1.165, 1.54) is 7.11 Å². The van der Waals surface area contributed by atoms with Crippen LogP contribution < -0.4 is 15.4 Å². The predicted molar refractivity (Wildman–Crippen MR) is 120 cm³/mol. The van der Waals surface area contributed by atoms with Crippen LogP contribution >= 0.6 is 0 Å². The van der Waals surface area contributed by atoms with Crippen LogP contribution in [0.25, 0.3) is 11.3 Å². The molecule has 0 aliphatic carbocycles. The summed E-state index contributed by atoms with van der Waals surface area (Å²) in [5.41, 5.74) is 2.78. The topological polar surface area (TPSA) is 80.6 Å². The number of rotatable bonds is 4. The number of benzene rings is 1. The molecule has 0 amide bonds. The van der Waals surface area contributed by atoms with Gasteiger partial charge < -0.3 is 14.5 Å². The highest BCUT2D eigenvalue weighted by Crippen LogP contribution is 2.27. The molecule has 3 aromatic rings. The molecule has 0 radical (unpaired) electrons. The number of piperazine rings is 1. The standard InChI is InChI=1S/C23H25N5O3/c1-16-15-27(20-7-5-4-6-18(20)22(30)31-3)12-13-28(16)23-25-19(14-21(29)26(23)2)17-8-10-24-11-9-17/h4-11,14,16H,12-13,15H2,1-3H3/t16-/m1/s1. The molecule has 0 spiro atoms. The molecule has 0 N–H and O–H groups in total. The lowest BCUT2D eigenvalue weighted by molar-refractivity contribution is 0.0601. The van der Waals surface area contributed by atoms with Crippen molar-refractivity contribution in [3.8, 4) is 11.3 Å². The molecular formula is C23H25N5O3. The summed E-state index contributed by atoms with van der Waals surface area (Å²) in [5.74, 6) is 0.285. The number of carbonyl (C=O) groups is 1. The molecule has 1 atom stereocenters. The van der Waals surface area contributed by atoms with Crippen molar-refractivity contribution in [2.75, 3.05) is 36.5 Å². The van der Waals surface area contributed by atoms with Crippen molar-refractivity contribution in [2.45, 2.75) is 13.0 Å². The van der Waals surface area contributed by atoms with Gasteiger partial charge >= 0.3 is 5.97 Å². The fourth-order valence-electron chi connectivity index (χ4n) is 3.96. The summed E-state index contributed by atoms with van der Waals surface area (Å²) in [6.07, 6.45) is 3.38. The molecule has 1 aliphatic rings. The van der Waals surface area contributed by atoms with Crippen LogP contribution in [0.5, 0.6) is 0 Å². The lowest BCUT2D eigenvalue weighted by atomic mass is 10.1. The molecule has 4 rings (SSSR count). The molecule has 0 saturated carbocycles. The average molecular weight is 419 g/mol. The zero-order valence-corrected chi connectivity index (χ0v) is 17.9. The number of methoxy groups -OCH3 is 1. The number of ether oxygens (including phenoxy) is 1. The maximum absolute atomic E-state index is 12.6. The predicted octanol–water partition coefficient (Wildman–Crippen LogP) is 2.34. The van der Waals surface area contributed by atoms with E-state index in [9.17, 15) is 9.59 Å². The number of nitrogens with zero attached hydrogens (tertiary/aromatic N) is 5. The van der Waals surface area contributed by atoms with E-state index in [0.717, 1.165) is 11.3 Å². The SMILES string of the molecule is COC(=O)c1ccccc1N1CCN(c2nc(-c3ccncc3)cc(=O)n2C)[C@H](C)C1. The third-order valence-corrected chi connectivity index (χ3v) is 5.62. The van der Waals surface area contributed by atoms with Crippen molar-refractivity contribution in [3.05, 3.63) is 70.8 Å². The Kier molecular flexibility index (Phi) is 5.70. The Morgan fingerprint density at radius 1 is 1.13 bits per heavy atom. The fraction of sp³-hybridized carbons (Fsp3) is 0.304. The highest BCUT2D eigenvalue weighted by molar-refractivity contribution is 5.95. The number of para-hydroxylation sites is 1. The molecule has 1 fully saturated rings. The Morgan fingerprint density at radius 2 is 1.87 bits per heavy atom. The maximum atomic E-state index is 12.6. The monoisotopic (exact) mass is 419 g/mol. The third kappa shape index (κ3) is 4.01. The smallest absolute Gasteiger partial charge is 0.339 e. The van der Waals surface area contributed by atoms with E-state index in [1.807, 2.05) is 30.3 Å². The molecule has 2 aromatic heterocycles. The van der Waals surface area contributed by atoms with Gasteiger partial charge in [-0.05, 0) is 31.2 Å². The van der Waals surface area contributed by atoms with E-state index in [-0.39, 0.29) is 17.6 Å². The van der Waals surface area contributed by atoms with Crippen molar-refractivity contribution in [2.24, 2.45) is 7.05 Å². The number of anilines is 2. The maximum Gasteiger partial charge on any atom is 0.339 e. The second kappa shape index (κ2) is 8.59. The van der Waals surface area contributed by atoms with Gasteiger partial charge in [0.05, 0.1) is 24.1 Å². The van der Waals surface area contributed by atoms with Gasteiger partial charge in [0.2, 0.25) is 5.95 Å². The molecule has 1 saturated heterocycles. The molecule has 160 valence electrons. The summed E-state index contributed by atoms with van der Waals surface area (Å²) in [6.45, 7) is 4.13. The molecule has 1 aromatic carbocycles. The van der Waals surface area contributed by atoms with Gasteiger partial charge in [-0.15, -0.1) is 0 Å². The first-order chi connectivity index (χ1) is 15.0. The van der Waals surface area contributed by atoms with E-state index in [2.05, 4.69) is 21.7 Å². The first-order valence-corrected chi connectivity index (χ1v) is 10.2. The highest BCUT2D eigenvalue weighted by Gasteiger charge is 2.29. The van der Waals surface area contributed by atoms with Crippen LogP contribution in [0.3, 0.4) is 0 Å². The van der Waals surface area contributed by atoms with Gasteiger partial charge in [0.25, 0.3) is 5.56 Å². The molecular weight excluding hydrogens is 394 g/mol. The number of hydrogen-bond donors (Lipinski definition) is 0. The van der Waals surface area contributed by atoms with Gasteiger partial charge in [-0.2, -0.15) is 0 Å². The summed E-state index contributed by atoms with van der Waals surface area (Å²) >= 11 is 0. The minimum Gasteiger partial charge on any atom is -0.465 e. The van der Waals surface area contributed by atoms with Crippen LogP contribution in [-0.2, 0) is 11.8 Å². The molecule has 1 aliphatic heterocycles. The first-order valence-electron chi connectivity index (χ1n) is 10.2.